The zero-order chi connectivity index (χ0) is 8.43. The van der Waals surface area contributed by atoms with Crippen molar-refractivity contribution >= 4 is 27.4 Å². The summed E-state index contributed by atoms with van der Waals surface area (Å²) in [5, 5.41) is 3.71. The highest BCUT2D eigenvalue weighted by atomic mass is 32.1. The molecule has 0 saturated carbocycles. The highest BCUT2D eigenvalue weighted by Gasteiger charge is 2.11. The molecular weight excluding hydrogens is 164 g/mol. The molecule has 0 aliphatic carbocycles. The number of primary amides is 1. The Labute approximate surface area is 67.4 Å². The molecule has 0 unspecified atom stereocenters. The van der Waals surface area contributed by atoms with Gasteiger partial charge in [0.1, 0.15) is 5.00 Å². The number of aromatic nitrogens is 1. The molecule has 1 aromatic heterocycles. The van der Waals surface area contributed by atoms with Gasteiger partial charge in [-0.25, -0.2) is 4.98 Å². The van der Waals surface area contributed by atoms with Crippen molar-refractivity contribution in [3.05, 3.63) is 5.69 Å². The van der Waals surface area contributed by atoms with Gasteiger partial charge in [0.2, 0.25) is 0 Å². The summed E-state index contributed by atoms with van der Waals surface area (Å²) >= 11 is 1.20. The molecule has 1 amide bonds. The van der Waals surface area contributed by atoms with E-state index >= 15 is 0 Å². The second-order valence-corrected chi connectivity index (χ2v) is 2.88. The van der Waals surface area contributed by atoms with E-state index in [9.17, 15) is 4.79 Å². The first-order chi connectivity index (χ1) is 5.15. The lowest BCUT2D eigenvalue weighted by atomic mass is 10.4. The molecule has 6 heteroatoms. The summed E-state index contributed by atoms with van der Waals surface area (Å²) in [4.78, 5) is 14.4. The van der Waals surface area contributed by atoms with Crippen LogP contribution in [-0.4, -0.2) is 17.9 Å². The zero-order valence-corrected chi connectivity index (χ0v) is 6.73. The van der Waals surface area contributed by atoms with Crippen molar-refractivity contribution in [1.82, 2.24) is 4.98 Å². The first kappa shape index (κ1) is 7.80. The van der Waals surface area contributed by atoms with Gasteiger partial charge in [0.25, 0.3) is 5.91 Å². The van der Waals surface area contributed by atoms with Gasteiger partial charge in [-0.15, -0.1) is 0 Å². The van der Waals surface area contributed by atoms with E-state index in [-0.39, 0.29) is 5.69 Å². The molecule has 0 radical (unpaired) electrons. The van der Waals surface area contributed by atoms with Gasteiger partial charge in [-0.05, 0) is 0 Å². The van der Waals surface area contributed by atoms with Crippen molar-refractivity contribution in [2.24, 2.45) is 5.73 Å². The lowest BCUT2D eigenvalue weighted by Crippen LogP contribution is -2.13. The number of hydrogen-bond donors (Lipinski definition) is 3. The van der Waals surface area contributed by atoms with E-state index in [4.69, 9.17) is 11.5 Å². The summed E-state index contributed by atoms with van der Waals surface area (Å²) in [5.41, 5.74) is 10.6. The number of nitrogen functional groups attached to an aromatic ring is 1. The van der Waals surface area contributed by atoms with Gasteiger partial charge in [0, 0.05) is 7.05 Å². The molecule has 60 valence electrons. The Morgan fingerprint density at radius 2 is 2.36 bits per heavy atom. The number of nitrogens with zero attached hydrogens (tertiary/aromatic N) is 1. The average Bonchev–Trinajstić information content (AvgIpc) is 2.30. The van der Waals surface area contributed by atoms with Crippen LogP contribution < -0.4 is 16.8 Å². The minimum atomic E-state index is -0.597. The summed E-state index contributed by atoms with van der Waals surface area (Å²) in [7, 11) is 1.70. The van der Waals surface area contributed by atoms with Gasteiger partial charge in [-0.3, -0.25) is 4.79 Å². The Hall–Kier alpha value is -1.30. The van der Waals surface area contributed by atoms with Gasteiger partial charge >= 0.3 is 0 Å². The van der Waals surface area contributed by atoms with Crippen molar-refractivity contribution in [2.75, 3.05) is 18.1 Å². The van der Waals surface area contributed by atoms with Crippen LogP contribution in [0.5, 0.6) is 0 Å². The van der Waals surface area contributed by atoms with E-state index in [0.29, 0.717) is 10.1 Å². The molecule has 5 N–H and O–H groups in total. The molecule has 1 aromatic rings. The molecule has 0 spiro atoms. The van der Waals surface area contributed by atoms with Crippen LogP contribution >= 0.6 is 11.3 Å². The Balaban J connectivity index is 3.07. The van der Waals surface area contributed by atoms with Gasteiger partial charge < -0.3 is 16.8 Å². The molecule has 0 aromatic carbocycles. The molecule has 1 heterocycles. The molecule has 5 nitrogen and oxygen atoms in total. The molecule has 0 fully saturated rings. The second kappa shape index (κ2) is 2.75. The van der Waals surface area contributed by atoms with Crippen LogP contribution in [0.25, 0.3) is 0 Å². The number of carbonyl (C=O) groups is 1. The first-order valence-corrected chi connectivity index (χ1v) is 3.70. The smallest absolute Gasteiger partial charge is 0.270 e. The summed E-state index contributed by atoms with van der Waals surface area (Å²) in [6, 6.07) is 0. The van der Waals surface area contributed by atoms with Gasteiger partial charge in [-0.1, -0.05) is 11.3 Å². The monoisotopic (exact) mass is 172 g/mol. The maximum Gasteiger partial charge on any atom is 0.270 e. The molecule has 0 bridgehead atoms. The Kier molecular flexibility index (Phi) is 1.95. The van der Waals surface area contributed by atoms with Crippen LogP contribution in [-0.2, 0) is 0 Å². The van der Waals surface area contributed by atoms with Crippen LogP contribution in [0.3, 0.4) is 0 Å². The zero-order valence-electron chi connectivity index (χ0n) is 5.92. The van der Waals surface area contributed by atoms with E-state index < -0.39 is 5.91 Å². The van der Waals surface area contributed by atoms with Crippen LogP contribution in [0.4, 0.5) is 10.1 Å². The minimum Gasteiger partial charge on any atom is -0.389 e. The largest absolute Gasteiger partial charge is 0.389 e. The number of nitrogens with one attached hydrogen (secondary N) is 1. The molecule has 0 aliphatic rings. The number of hydrogen-bond acceptors (Lipinski definition) is 5. The van der Waals surface area contributed by atoms with Crippen LogP contribution in [0, 0.1) is 0 Å². The molecular formula is C5H8N4OS. The molecule has 11 heavy (non-hydrogen) atoms. The molecule has 0 atom stereocenters. The number of thiazole rings is 1. The summed E-state index contributed by atoms with van der Waals surface area (Å²) < 4.78 is 0. The van der Waals surface area contributed by atoms with Crippen LogP contribution in [0.2, 0.25) is 0 Å². The lowest BCUT2D eigenvalue weighted by molar-refractivity contribution is 0.0997. The van der Waals surface area contributed by atoms with Crippen LogP contribution in [0.1, 0.15) is 10.5 Å². The predicted molar refractivity (Wildman–Crippen MR) is 44.6 cm³/mol. The van der Waals surface area contributed by atoms with E-state index in [1.165, 1.54) is 11.3 Å². The highest BCUT2D eigenvalue weighted by Crippen LogP contribution is 2.23. The van der Waals surface area contributed by atoms with Crippen molar-refractivity contribution in [3.8, 4) is 0 Å². The predicted octanol–water partition coefficient (Wildman–Crippen LogP) is -0.134. The van der Waals surface area contributed by atoms with Gasteiger partial charge in [0.05, 0.1) is 0 Å². The Morgan fingerprint density at radius 1 is 1.73 bits per heavy atom. The normalized spacial score (nSPS) is 9.55. The maximum absolute atomic E-state index is 10.6. The third-order valence-corrected chi connectivity index (χ3v) is 2.00. The van der Waals surface area contributed by atoms with Crippen molar-refractivity contribution in [2.45, 2.75) is 0 Å². The maximum atomic E-state index is 10.6. The summed E-state index contributed by atoms with van der Waals surface area (Å²) in [6.07, 6.45) is 0. The quantitative estimate of drug-likeness (QED) is 0.579. The number of anilines is 2. The third-order valence-electron chi connectivity index (χ3n) is 1.10. The van der Waals surface area contributed by atoms with Crippen molar-refractivity contribution in [1.29, 1.82) is 0 Å². The minimum absolute atomic E-state index is 0.138. The van der Waals surface area contributed by atoms with Gasteiger partial charge in [0.15, 0.2) is 10.8 Å². The topological polar surface area (TPSA) is 94.0 Å². The lowest BCUT2D eigenvalue weighted by Gasteiger charge is -1.87. The summed E-state index contributed by atoms with van der Waals surface area (Å²) in [6.45, 7) is 0. The van der Waals surface area contributed by atoms with E-state index in [1.807, 2.05) is 0 Å². The standard InChI is InChI=1S/C5H8N4OS/c1-8-5-9-2(3(6)10)4(7)11-5/h7H2,1H3,(H2,6,10)(H,8,9). The average molecular weight is 172 g/mol. The molecule has 1 rings (SSSR count). The molecule has 0 aliphatic heterocycles. The van der Waals surface area contributed by atoms with Crippen LogP contribution in [0.15, 0.2) is 0 Å². The van der Waals surface area contributed by atoms with Crippen molar-refractivity contribution < 1.29 is 4.79 Å². The Morgan fingerprint density at radius 3 is 2.64 bits per heavy atom. The highest BCUT2D eigenvalue weighted by molar-refractivity contribution is 7.19. The SMILES string of the molecule is CNc1nc(C(N)=O)c(N)s1. The number of carbonyl (C=O) groups excluding carboxylic acids is 1. The third kappa shape index (κ3) is 1.40. The fourth-order valence-electron chi connectivity index (χ4n) is 0.615. The first-order valence-electron chi connectivity index (χ1n) is 2.89. The van der Waals surface area contributed by atoms with Gasteiger partial charge in [-0.2, -0.15) is 0 Å². The number of nitrogens with two attached hydrogens (primary N) is 2. The second-order valence-electron chi connectivity index (χ2n) is 1.85. The fraction of sp³-hybridized carbons (Fsp3) is 0.200. The van der Waals surface area contributed by atoms with E-state index in [0.717, 1.165) is 0 Å². The number of rotatable bonds is 2. The van der Waals surface area contributed by atoms with E-state index in [1.54, 1.807) is 7.05 Å². The fourth-order valence-corrected chi connectivity index (χ4v) is 1.31. The van der Waals surface area contributed by atoms with Crippen molar-refractivity contribution in [3.63, 3.8) is 0 Å². The summed E-state index contributed by atoms with van der Waals surface area (Å²) in [5.74, 6) is -0.597. The van der Waals surface area contributed by atoms with E-state index in [2.05, 4.69) is 10.3 Å². The number of amides is 1. The Bertz CT molecular complexity index is 282. The molecule has 0 saturated heterocycles.